The van der Waals surface area contributed by atoms with Crippen molar-refractivity contribution in [3.05, 3.63) is 71.1 Å². The second-order valence-corrected chi connectivity index (χ2v) is 5.68. The van der Waals surface area contributed by atoms with Crippen LogP contribution in [0.5, 0.6) is 5.75 Å². The molecule has 4 heteroatoms. The molecular formula is C19H20N2O2. The molecule has 0 radical (unpaired) electrons. The Labute approximate surface area is 135 Å². The quantitative estimate of drug-likeness (QED) is 0.749. The zero-order valence-corrected chi connectivity index (χ0v) is 13.3. The highest BCUT2D eigenvalue weighted by atomic mass is 16.5. The van der Waals surface area contributed by atoms with Crippen LogP contribution >= 0.6 is 0 Å². The number of hydrogen-bond donors (Lipinski definition) is 2. The van der Waals surface area contributed by atoms with Gasteiger partial charge in [-0.25, -0.2) is 0 Å². The van der Waals surface area contributed by atoms with Gasteiger partial charge in [-0.3, -0.25) is 0 Å². The van der Waals surface area contributed by atoms with Crippen molar-refractivity contribution in [2.24, 2.45) is 0 Å². The second-order valence-electron chi connectivity index (χ2n) is 5.68. The van der Waals surface area contributed by atoms with Crippen LogP contribution in [0.2, 0.25) is 0 Å². The molecule has 3 aromatic rings. The van der Waals surface area contributed by atoms with Crippen molar-refractivity contribution in [3.8, 4) is 16.9 Å². The van der Waals surface area contributed by atoms with E-state index in [-0.39, 0.29) is 5.75 Å². The molecule has 4 nitrogen and oxygen atoms in total. The lowest BCUT2D eigenvalue weighted by molar-refractivity contribution is 0.393. The Balaban J connectivity index is 1.76. The van der Waals surface area contributed by atoms with E-state index >= 15 is 0 Å². The third-order valence-corrected chi connectivity index (χ3v) is 3.80. The molecule has 0 aliphatic heterocycles. The van der Waals surface area contributed by atoms with Crippen molar-refractivity contribution in [3.63, 3.8) is 0 Å². The van der Waals surface area contributed by atoms with Gasteiger partial charge in [-0.2, -0.15) is 0 Å². The fourth-order valence-corrected chi connectivity index (χ4v) is 2.76. The smallest absolute Gasteiger partial charge is 0.141 e. The minimum absolute atomic E-state index is 0.249. The van der Waals surface area contributed by atoms with E-state index in [1.54, 1.807) is 12.1 Å². The van der Waals surface area contributed by atoms with Gasteiger partial charge < -0.3 is 14.9 Å². The Morgan fingerprint density at radius 3 is 2.43 bits per heavy atom. The van der Waals surface area contributed by atoms with Crippen LogP contribution in [0.25, 0.3) is 11.1 Å². The van der Waals surface area contributed by atoms with Crippen LogP contribution in [0.15, 0.2) is 53.1 Å². The molecule has 2 aromatic carbocycles. The molecule has 1 heterocycles. The minimum atomic E-state index is 0.249. The predicted octanol–water partition coefficient (Wildman–Crippen LogP) is 3.95. The molecule has 0 saturated heterocycles. The van der Waals surface area contributed by atoms with E-state index in [0.29, 0.717) is 6.54 Å². The lowest BCUT2D eigenvalue weighted by atomic mass is 10.0. The summed E-state index contributed by atoms with van der Waals surface area (Å²) in [7, 11) is 0. The van der Waals surface area contributed by atoms with Crippen LogP contribution in [-0.2, 0) is 13.1 Å². The molecule has 0 aliphatic rings. The first kappa shape index (κ1) is 15.3. The molecule has 3 rings (SSSR count). The van der Waals surface area contributed by atoms with Crippen molar-refractivity contribution in [1.29, 1.82) is 0 Å². The molecule has 23 heavy (non-hydrogen) atoms. The highest BCUT2D eigenvalue weighted by Gasteiger charge is 2.13. The highest BCUT2D eigenvalue weighted by molar-refractivity contribution is 5.69. The molecule has 0 amide bonds. The fraction of sp³-hybridized carbons (Fsp3) is 0.211. The zero-order chi connectivity index (χ0) is 16.2. The number of nitrogens with one attached hydrogen (secondary N) is 1. The van der Waals surface area contributed by atoms with Crippen molar-refractivity contribution in [1.82, 2.24) is 10.5 Å². The number of rotatable bonds is 5. The Bertz CT molecular complexity index is 775. The van der Waals surface area contributed by atoms with Crippen molar-refractivity contribution in [2.75, 3.05) is 0 Å². The van der Waals surface area contributed by atoms with Crippen LogP contribution in [0.3, 0.4) is 0 Å². The Morgan fingerprint density at radius 1 is 1.00 bits per heavy atom. The number of phenols is 1. The third-order valence-electron chi connectivity index (χ3n) is 3.80. The van der Waals surface area contributed by atoms with Gasteiger partial charge in [0.15, 0.2) is 0 Å². The molecule has 0 atom stereocenters. The van der Waals surface area contributed by atoms with Gasteiger partial charge in [0, 0.05) is 18.7 Å². The first-order chi connectivity index (χ1) is 11.1. The molecule has 0 fully saturated rings. The van der Waals surface area contributed by atoms with Gasteiger partial charge in [-0.15, -0.1) is 0 Å². The van der Waals surface area contributed by atoms with E-state index in [1.807, 2.05) is 32.0 Å². The average Bonchev–Trinajstić information content (AvgIpc) is 2.87. The number of hydrogen-bond acceptors (Lipinski definition) is 4. The summed E-state index contributed by atoms with van der Waals surface area (Å²) in [5.74, 6) is 1.01. The average molecular weight is 308 g/mol. The van der Waals surface area contributed by atoms with E-state index in [2.05, 4.69) is 28.7 Å². The topological polar surface area (TPSA) is 58.3 Å². The fourth-order valence-electron chi connectivity index (χ4n) is 2.76. The summed E-state index contributed by atoms with van der Waals surface area (Å²) in [6.45, 7) is 5.26. The SMILES string of the molecule is Cc1noc(C)c1-c1cc(O)cc(CNCc2ccccc2)c1. The van der Waals surface area contributed by atoms with E-state index in [0.717, 1.165) is 34.7 Å². The lowest BCUT2D eigenvalue weighted by Crippen LogP contribution is -2.12. The number of aromatic hydroxyl groups is 1. The van der Waals surface area contributed by atoms with E-state index in [9.17, 15) is 5.11 Å². The lowest BCUT2D eigenvalue weighted by Gasteiger charge is -2.09. The maximum absolute atomic E-state index is 10.0. The van der Waals surface area contributed by atoms with Gasteiger partial charge >= 0.3 is 0 Å². The highest BCUT2D eigenvalue weighted by Crippen LogP contribution is 2.30. The summed E-state index contributed by atoms with van der Waals surface area (Å²) in [6.07, 6.45) is 0. The van der Waals surface area contributed by atoms with E-state index < -0.39 is 0 Å². The number of nitrogens with zero attached hydrogens (tertiary/aromatic N) is 1. The van der Waals surface area contributed by atoms with Crippen LogP contribution in [0.4, 0.5) is 0 Å². The summed E-state index contributed by atoms with van der Waals surface area (Å²) in [6, 6.07) is 15.8. The Kier molecular flexibility index (Phi) is 4.44. The van der Waals surface area contributed by atoms with Gasteiger partial charge in [-0.05, 0) is 48.7 Å². The largest absolute Gasteiger partial charge is 0.508 e. The molecule has 0 saturated carbocycles. The molecule has 2 N–H and O–H groups in total. The van der Waals surface area contributed by atoms with Crippen LogP contribution in [-0.4, -0.2) is 10.3 Å². The monoisotopic (exact) mass is 308 g/mol. The molecule has 0 aliphatic carbocycles. The normalized spacial score (nSPS) is 10.9. The maximum Gasteiger partial charge on any atom is 0.141 e. The van der Waals surface area contributed by atoms with Gasteiger partial charge in [-0.1, -0.05) is 35.5 Å². The standard InChI is InChI=1S/C19H20N2O2/c1-13-19(14(2)23-21-13)17-8-16(9-18(22)10-17)12-20-11-15-6-4-3-5-7-15/h3-10,20,22H,11-12H2,1-2H3. The summed E-state index contributed by atoms with van der Waals surface area (Å²) in [4.78, 5) is 0. The van der Waals surface area contributed by atoms with Gasteiger partial charge in [0.25, 0.3) is 0 Å². The first-order valence-electron chi connectivity index (χ1n) is 7.64. The summed E-state index contributed by atoms with van der Waals surface area (Å²) in [5, 5.41) is 17.4. The molecule has 0 unspecified atom stereocenters. The number of benzene rings is 2. The van der Waals surface area contributed by atoms with Crippen molar-refractivity contribution in [2.45, 2.75) is 26.9 Å². The van der Waals surface area contributed by atoms with Crippen LogP contribution in [0, 0.1) is 13.8 Å². The number of aryl methyl sites for hydroxylation is 2. The third kappa shape index (κ3) is 3.60. The molecule has 118 valence electrons. The predicted molar refractivity (Wildman–Crippen MR) is 90.1 cm³/mol. The van der Waals surface area contributed by atoms with Gasteiger partial charge in [0.1, 0.15) is 11.5 Å². The summed E-state index contributed by atoms with van der Waals surface area (Å²) in [5.41, 5.74) is 4.97. The number of phenolic OH excluding ortho intramolecular Hbond substituents is 1. The molecular weight excluding hydrogens is 288 g/mol. The first-order valence-corrected chi connectivity index (χ1v) is 7.64. The van der Waals surface area contributed by atoms with Gasteiger partial charge in [0.05, 0.1) is 5.69 Å². The zero-order valence-electron chi connectivity index (χ0n) is 13.3. The minimum Gasteiger partial charge on any atom is -0.508 e. The number of aromatic nitrogens is 1. The summed E-state index contributed by atoms with van der Waals surface area (Å²) < 4.78 is 5.22. The molecule has 1 aromatic heterocycles. The molecule has 0 bridgehead atoms. The summed E-state index contributed by atoms with van der Waals surface area (Å²) >= 11 is 0. The van der Waals surface area contributed by atoms with Crippen LogP contribution in [0.1, 0.15) is 22.6 Å². The Morgan fingerprint density at radius 2 is 1.74 bits per heavy atom. The van der Waals surface area contributed by atoms with E-state index in [1.165, 1.54) is 5.56 Å². The van der Waals surface area contributed by atoms with Crippen LogP contribution < -0.4 is 5.32 Å². The van der Waals surface area contributed by atoms with E-state index in [4.69, 9.17) is 4.52 Å². The van der Waals surface area contributed by atoms with Gasteiger partial charge in [0.2, 0.25) is 0 Å². The molecule has 0 spiro atoms. The van der Waals surface area contributed by atoms with Crippen molar-refractivity contribution >= 4 is 0 Å². The maximum atomic E-state index is 10.0. The second kappa shape index (κ2) is 6.67. The van der Waals surface area contributed by atoms with Crippen molar-refractivity contribution < 1.29 is 9.63 Å². The Hall–Kier alpha value is -2.59.